The standard InChI is InChI=1S/C15H19FN4O3.ClH/c16-4-1-7-23-15(22)11-9-18-20-12(8-13(21)19-14(11)20)10-2-5-17-6-3-10;/h8-10,17H,1-7H2,(H,19,21);1H. The van der Waals surface area contributed by atoms with Gasteiger partial charge in [-0.2, -0.15) is 5.10 Å². The molecule has 3 heterocycles. The number of rotatable bonds is 5. The van der Waals surface area contributed by atoms with Gasteiger partial charge in [-0.3, -0.25) is 9.18 Å². The fourth-order valence-electron chi connectivity index (χ4n) is 2.87. The van der Waals surface area contributed by atoms with Crippen LogP contribution in [0.3, 0.4) is 0 Å². The Kier molecular flexibility index (Phi) is 6.33. The molecule has 7 nitrogen and oxygen atoms in total. The van der Waals surface area contributed by atoms with Crippen LogP contribution < -0.4 is 10.9 Å². The van der Waals surface area contributed by atoms with Gasteiger partial charge in [-0.25, -0.2) is 9.31 Å². The van der Waals surface area contributed by atoms with Crippen molar-refractivity contribution in [3.05, 3.63) is 33.9 Å². The Bertz CT molecular complexity index is 755. The van der Waals surface area contributed by atoms with Crippen LogP contribution in [0.25, 0.3) is 5.65 Å². The summed E-state index contributed by atoms with van der Waals surface area (Å²) in [6.07, 6.45) is 3.36. The van der Waals surface area contributed by atoms with Crippen molar-refractivity contribution in [2.75, 3.05) is 26.4 Å². The molecular weight excluding hydrogens is 339 g/mol. The lowest BCUT2D eigenvalue weighted by Gasteiger charge is -2.23. The first-order valence-corrected chi connectivity index (χ1v) is 7.75. The molecule has 0 saturated carbocycles. The summed E-state index contributed by atoms with van der Waals surface area (Å²) >= 11 is 0. The number of H-pyrrole nitrogens is 1. The van der Waals surface area contributed by atoms with Gasteiger partial charge in [0.15, 0.2) is 5.65 Å². The second-order valence-electron chi connectivity index (χ2n) is 5.58. The summed E-state index contributed by atoms with van der Waals surface area (Å²) in [5.41, 5.74) is 1.05. The van der Waals surface area contributed by atoms with Crippen LogP contribution in [0.2, 0.25) is 0 Å². The number of hydrogen-bond acceptors (Lipinski definition) is 5. The number of aromatic nitrogens is 3. The van der Waals surface area contributed by atoms with Gasteiger partial charge in [-0.15, -0.1) is 12.4 Å². The number of carbonyl (C=O) groups excluding carboxylic acids is 1. The van der Waals surface area contributed by atoms with Gasteiger partial charge in [0.2, 0.25) is 0 Å². The van der Waals surface area contributed by atoms with E-state index in [1.807, 2.05) is 0 Å². The lowest BCUT2D eigenvalue weighted by molar-refractivity contribution is 0.0496. The van der Waals surface area contributed by atoms with Crippen LogP contribution >= 0.6 is 12.4 Å². The monoisotopic (exact) mass is 358 g/mol. The third-order valence-electron chi connectivity index (χ3n) is 4.02. The molecule has 0 radical (unpaired) electrons. The summed E-state index contributed by atoms with van der Waals surface area (Å²) in [7, 11) is 0. The van der Waals surface area contributed by atoms with Gasteiger partial charge in [0.05, 0.1) is 25.2 Å². The molecule has 1 saturated heterocycles. The number of fused-ring (bicyclic) bond motifs is 1. The highest BCUT2D eigenvalue weighted by Crippen LogP contribution is 2.25. The first-order valence-electron chi connectivity index (χ1n) is 7.75. The largest absolute Gasteiger partial charge is 0.462 e. The van der Waals surface area contributed by atoms with Crippen molar-refractivity contribution in [3.63, 3.8) is 0 Å². The predicted molar refractivity (Wildman–Crippen MR) is 88.8 cm³/mol. The van der Waals surface area contributed by atoms with Crippen LogP contribution in [0.5, 0.6) is 0 Å². The van der Waals surface area contributed by atoms with Crippen molar-refractivity contribution < 1.29 is 13.9 Å². The summed E-state index contributed by atoms with van der Waals surface area (Å²) in [5, 5.41) is 7.51. The van der Waals surface area contributed by atoms with Gasteiger partial charge in [0.1, 0.15) is 5.56 Å². The zero-order chi connectivity index (χ0) is 16.2. The van der Waals surface area contributed by atoms with E-state index in [9.17, 15) is 14.0 Å². The third kappa shape index (κ3) is 3.76. The fourth-order valence-corrected chi connectivity index (χ4v) is 2.87. The molecule has 132 valence electrons. The highest BCUT2D eigenvalue weighted by Gasteiger charge is 2.22. The summed E-state index contributed by atoms with van der Waals surface area (Å²) < 4.78 is 18.7. The van der Waals surface area contributed by atoms with E-state index in [4.69, 9.17) is 4.74 Å². The van der Waals surface area contributed by atoms with Crippen molar-refractivity contribution in [2.24, 2.45) is 0 Å². The molecule has 1 aliphatic heterocycles. The zero-order valence-corrected chi connectivity index (χ0v) is 13.9. The smallest absolute Gasteiger partial charge is 0.343 e. The molecule has 2 N–H and O–H groups in total. The van der Waals surface area contributed by atoms with Gasteiger partial charge < -0.3 is 15.0 Å². The Morgan fingerprint density at radius 3 is 2.88 bits per heavy atom. The van der Waals surface area contributed by atoms with E-state index in [1.54, 1.807) is 4.52 Å². The molecule has 0 bridgehead atoms. The number of piperidine rings is 1. The highest BCUT2D eigenvalue weighted by atomic mass is 35.5. The zero-order valence-electron chi connectivity index (χ0n) is 13.1. The SMILES string of the molecule is Cl.O=C(OCCCF)c1cnn2c(C3CCNCC3)cc(=O)[nH]c12. The van der Waals surface area contributed by atoms with Crippen LogP contribution in [0.4, 0.5) is 4.39 Å². The maximum Gasteiger partial charge on any atom is 0.343 e. The summed E-state index contributed by atoms with van der Waals surface area (Å²) in [4.78, 5) is 26.7. The maximum absolute atomic E-state index is 12.1. The summed E-state index contributed by atoms with van der Waals surface area (Å²) in [5.74, 6) is -0.386. The van der Waals surface area contributed by atoms with Crippen LogP contribution in [0.1, 0.15) is 41.2 Å². The maximum atomic E-state index is 12.1. The highest BCUT2D eigenvalue weighted by molar-refractivity contribution is 5.95. The lowest BCUT2D eigenvalue weighted by atomic mass is 9.94. The molecule has 0 aliphatic carbocycles. The van der Waals surface area contributed by atoms with E-state index < -0.39 is 12.6 Å². The van der Waals surface area contributed by atoms with E-state index >= 15 is 0 Å². The van der Waals surface area contributed by atoms with Crippen LogP contribution in [-0.4, -0.2) is 46.9 Å². The quantitative estimate of drug-likeness (QED) is 0.623. The Balaban J connectivity index is 0.00000208. The van der Waals surface area contributed by atoms with Crippen molar-refractivity contribution in [1.29, 1.82) is 0 Å². The van der Waals surface area contributed by atoms with Crippen LogP contribution in [0.15, 0.2) is 17.1 Å². The normalized spacial score (nSPS) is 15.2. The van der Waals surface area contributed by atoms with Crippen molar-refractivity contribution in [2.45, 2.75) is 25.2 Å². The van der Waals surface area contributed by atoms with Gasteiger partial charge in [-0.05, 0) is 25.9 Å². The molecule has 0 aromatic carbocycles. The van der Waals surface area contributed by atoms with Crippen LogP contribution in [-0.2, 0) is 4.74 Å². The minimum Gasteiger partial charge on any atom is -0.462 e. The first-order chi connectivity index (χ1) is 11.2. The van der Waals surface area contributed by atoms with Crippen LogP contribution in [0, 0.1) is 0 Å². The summed E-state index contributed by atoms with van der Waals surface area (Å²) in [6, 6.07) is 1.54. The van der Waals surface area contributed by atoms with Crippen molar-refractivity contribution in [3.8, 4) is 0 Å². The molecule has 24 heavy (non-hydrogen) atoms. The number of ether oxygens (including phenoxy) is 1. The molecule has 0 amide bonds. The topological polar surface area (TPSA) is 88.5 Å². The average molecular weight is 359 g/mol. The summed E-state index contributed by atoms with van der Waals surface area (Å²) in [6.45, 7) is 1.24. The van der Waals surface area contributed by atoms with E-state index in [1.165, 1.54) is 12.3 Å². The number of alkyl halides is 1. The number of nitrogens with zero attached hydrogens (tertiary/aromatic N) is 2. The minimum atomic E-state index is -0.605. The molecule has 0 atom stereocenters. The number of esters is 1. The number of halogens is 2. The molecular formula is C15H20ClFN4O3. The third-order valence-corrected chi connectivity index (χ3v) is 4.02. The molecule has 9 heteroatoms. The molecule has 0 unspecified atom stereocenters. The first kappa shape index (κ1) is 18.4. The van der Waals surface area contributed by atoms with E-state index in [0.29, 0.717) is 5.65 Å². The minimum absolute atomic E-state index is 0. The number of carbonyl (C=O) groups is 1. The Morgan fingerprint density at radius 1 is 1.42 bits per heavy atom. The van der Waals surface area contributed by atoms with Gasteiger partial charge in [0, 0.05) is 18.4 Å². The van der Waals surface area contributed by atoms with Crippen molar-refractivity contribution >= 4 is 24.0 Å². The van der Waals surface area contributed by atoms with Crippen molar-refractivity contribution in [1.82, 2.24) is 19.9 Å². The molecule has 0 spiro atoms. The lowest BCUT2D eigenvalue weighted by Crippen LogP contribution is -2.28. The second kappa shape index (κ2) is 8.25. The molecule has 2 aromatic heterocycles. The molecule has 1 aliphatic rings. The van der Waals surface area contributed by atoms with E-state index in [2.05, 4.69) is 15.4 Å². The van der Waals surface area contributed by atoms with E-state index in [0.717, 1.165) is 31.6 Å². The van der Waals surface area contributed by atoms with E-state index in [-0.39, 0.29) is 42.5 Å². The Labute approximate surface area is 144 Å². The van der Waals surface area contributed by atoms with Gasteiger partial charge in [0.25, 0.3) is 5.56 Å². The molecule has 1 fully saturated rings. The molecule has 3 rings (SSSR count). The average Bonchev–Trinajstić information content (AvgIpc) is 2.98. The number of hydrogen-bond donors (Lipinski definition) is 2. The Morgan fingerprint density at radius 2 is 2.17 bits per heavy atom. The number of nitrogens with one attached hydrogen (secondary N) is 2. The Hall–Kier alpha value is -1.93. The second-order valence-corrected chi connectivity index (χ2v) is 5.58. The number of aromatic amines is 1. The van der Waals surface area contributed by atoms with Gasteiger partial charge in [-0.1, -0.05) is 0 Å². The van der Waals surface area contributed by atoms with Gasteiger partial charge >= 0.3 is 5.97 Å². The predicted octanol–water partition coefficient (Wildman–Crippen LogP) is 1.43. The fraction of sp³-hybridized carbons (Fsp3) is 0.533. The molecule has 2 aromatic rings.